The number of benzene rings is 1. The van der Waals surface area contributed by atoms with Crippen LogP contribution in [0.2, 0.25) is 0 Å². The first-order valence-corrected chi connectivity index (χ1v) is 9.49. The van der Waals surface area contributed by atoms with Crippen molar-refractivity contribution in [1.82, 2.24) is 4.98 Å². The van der Waals surface area contributed by atoms with Crippen molar-refractivity contribution < 1.29 is 19.0 Å². The molecule has 1 unspecified atom stereocenters. The molecule has 2 aliphatic rings. The summed E-state index contributed by atoms with van der Waals surface area (Å²) in [5.74, 6) is 1.75. The SMILES string of the molecule is COc1ccc(NC(=O)c2ccc3c(c2)NC(C)(COCC2CC2)CO3)cn1. The summed E-state index contributed by atoms with van der Waals surface area (Å²) in [6.45, 7) is 3.96. The Morgan fingerprint density at radius 2 is 2.21 bits per heavy atom. The number of rotatable bonds is 7. The Hall–Kier alpha value is -2.80. The van der Waals surface area contributed by atoms with Gasteiger partial charge in [0.25, 0.3) is 5.91 Å². The fourth-order valence-corrected chi connectivity index (χ4v) is 3.08. The molecule has 0 bridgehead atoms. The molecule has 1 aliphatic heterocycles. The molecular formula is C21H25N3O4. The van der Waals surface area contributed by atoms with Crippen molar-refractivity contribution in [3.63, 3.8) is 0 Å². The van der Waals surface area contributed by atoms with Crippen molar-refractivity contribution in [2.75, 3.05) is 37.6 Å². The summed E-state index contributed by atoms with van der Waals surface area (Å²) in [5.41, 5.74) is 1.61. The summed E-state index contributed by atoms with van der Waals surface area (Å²) < 4.78 is 16.8. The molecule has 2 aromatic rings. The van der Waals surface area contributed by atoms with E-state index in [0.29, 0.717) is 30.3 Å². The van der Waals surface area contributed by atoms with Crippen molar-refractivity contribution in [2.45, 2.75) is 25.3 Å². The lowest BCUT2D eigenvalue weighted by Gasteiger charge is -2.36. The molecule has 28 heavy (non-hydrogen) atoms. The van der Waals surface area contributed by atoms with E-state index in [2.05, 4.69) is 22.5 Å². The normalized spacial score (nSPS) is 20.5. The maximum Gasteiger partial charge on any atom is 0.255 e. The lowest BCUT2D eigenvalue weighted by molar-refractivity contribution is 0.0667. The highest BCUT2D eigenvalue weighted by Gasteiger charge is 2.32. The van der Waals surface area contributed by atoms with Gasteiger partial charge in [0, 0.05) is 18.2 Å². The standard InChI is InChI=1S/C21H25N3O4/c1-21(12-27-11-14-3-4-14)13-28-18-7-5-15(9-17(18)24-21)20(25)23-16-6-8-19(26-2)22-10-16/h5-10,14,24H,3-4,11-13H2,1-2H3,(H,23,25). The van der Waals surface area contributed by atoms with Crippen LogP contribution in [0.4, 0.5) is 11.4 Å². The number of pyridine rings is 1. The topological polar surface area (TPSA) is 81.7 Å². The maximum absolute atomic E-state index is 12.6. The molecule has 1 aromatic carbocycles. The number of carbonyl (C=O) groups is 1. The Balaban J connectivity index is 1.42. The van der Waals surface area contributed by atoms with E-state index in [-0.39, 0.29) is 11.4 Å². The summed E-state index contributed by atoms with van der Waals surface area (Å²) in [5, 5.41) is 6.32. The molecule has 0 saturated heterocycles. The molecular weight excluding hydrogens is 358 g/mol. The van der Waals surface area contributed by atoms with Crippen LogP contribution in [-0.4, -0.2) is 43.4 Å². The monoisotopic (exact) mass is 383 g/mol. The third-order valence-corrected chi connectivity index (χ3v) is 4.90. The summed E-state index contributed by atoms with van der Waals surface area (Å²) in [6, 6.07) is 8.82. The van der Waals surface area contributed by atoms with Gasteiger partial charge in [-0.25, -0.2) is 4.98 Å². The number of ether oxygens (including phenoxy) is 3. The second-order valence-corrected chi connectivity index (χ2v) is 7.69. The van der Waals surface area contributed by atoms with Crippen LogP contribution in [0.5, 0.6) is 11.6 Å². The molecule has 1 amide bonds. The van der Waals surface area contributed by atoms with Gasteiger partial charge in [0.15, 0.2) is 0 Å². The zero-order valence-electron chi connectivity index (χ0n) is 16.2. The van der Waals surface area contributed by atoms with Crippen LogP contribution < -0.4 is 20.1 Å². The highest BCUT2D eigenvalue weighted by atomic mass is 16.5. The van der Waals surface area contributed by atoms with Gasteiger partial charge in [0.2, 0.25) is 5.88 Å². The van der Waals surface area contributed by atoms with Gasteiger partial charge in [-0.15, -0.1) is 0 Å². The Kier molecular flexibility index (Phi) is 5.09. The van der Waals surface area contributed by atoms with Gasteiger partial charge in [-0.3, -0.25) is 4.79 Å². The Morgan fingerprint density at radius 3 is 2.93 bits per heavy atom. The molecule has 1 atom stereocenters. The van der Waals surface area contributed by atoms with Crippen LogP contribution in [-0.2, 0) is 4.74 Å². The minimum Gasteiger partial charge on any atom is -0.489 e. The summed E-state index contributed by atoms with van der Waals surface area (Å²) in [6.07, 6.45) is 4.10. The van der Waals surface area contributed by atoms with Gasteiger partial charge in [-0.2, -0.15) is 0 Å². The summed E-state index contributed by atoms with van der Waals surface area (Å²) >= 11 is 0. The molecule has 1 fully saturated rings. The van der Waals surface area contributed by atoms with Crippen LogP contribution in [0.1, 0.15) is 30.1 Å². The minimum atomic E-state index is -0.323. The van der Waals surface area contributed by atoms with Crippen molar-refractivity contribution in [2.24, 2.45) is 5.92 Å². The number of anilines is 2. The fourth-order valence-electron chi connectivity index (χ4n) is 3.08. The predicted octanol–water partition coefficient (Wildman–Crippen LogP) is 3.33. The van der Waals surface area contributed by atoms with Gasteiger partial charge in [0.1, 0.15) is 12.4 Å². The molecule has 7 nitrogen and oxygen atoms in total. The second kappa shape index (κ2) is 7.67. The van der Waals surface area contributed by atoms with Crippen molar-refractivity contribution in [3.8, 4) is 11.6 Å². The maximum atomic E-state index is 12.6. The Morgan fingerprint density at radius 1 is 1.36 bits per heavy atom. The Bertz CT molecular complexity index is 851. The van der Waals surface area contributed by atoms with Crippen LogP contribution in [0, 0.1) is 5.92 Å². The molecule has 2 N–H and O–H groups in total. The van der Waals surface area contributed by atoms with E-state index in [1.165, 1.54) is 12.8 Å². The van der Waals surface area contributed by atoms with Crippen molar-refractivity contribution in [3.05, 3.63) is 42.1 Å². The van der Waals surface area contributed by atoms with Gasteiger partial charge in [-0.1, -0.05) is 0 Å². The molecule has 148 valence electrons. The average molecular weight is 383 g/mol. The van der Waals surface area contributed by atoms with Gasteiger partial charge >= 0.3 is 0 Å². The zero-order chi connectivity index (χ0) is 19.6. The highest BCUT2D eigenvalue weighted by molar-refractivity contribution is 6.05. The molecule has 1 aliphatic carbocycles. The summed E-state index contributed by atoms with van der Waals surface area (Å²) in [4.78, 5) is 16.7. The number of aromatic nitrogens is 1. The minimum absolute atomic E-state index is 0.214. The lowest BCUT2D eigenvalue weighted by Crippen LogP contribution is -2.48. The van der Waals surface area contributed by atoms with Gasteiger partial charge < -0.3 is 24.8 Å². The molecule has 0 spiro atoms. The highest BCUT2D eigenvalue weighted by Crippen LogP contribution is 2.34. The van der Waals surface area contributed by atoms with Crippen molar-refractivity contribution in [1.29, 1.82) is 0 Å². The van der Waals surface area contributed by atoms with E-state index < -0.39 is 0 Å². The van der Waals surface area contributed by atoms with Crippen molar-refractivity contribution >= 4 is 17.3 Å². The molecule has 2 heterocycles. The number of fused-ring (bicyclic) bond motifs is 1. The number of hydrogen-bond donors (Lipinski definition) is 2. The van der Waals surface area contributed by atoms with E-state index in [1.807, 2.05) is 6.07 Å². The third-order valence-electron chi connectivity index (χ3n) is 4.90. The molecule has 0 radical (unpaired) electrons. The van der Waals surface area contributed by atoms with E-state index in [0.717, 1.165) is 24.0 Å². The second-order valence-electron chi connectivity index (χ2n) is 7.69. The third kappa shape index (κ3) is 4.36. The van der Waals surface area contributed by atoms with Gasteiger partial charge in [0.05, 0.1) is 36.8 Å². The van der Waals surface area contributed by atoms with Gasteiger partial charge in [-0.05, 0) is 49.9 Å². The number of hydrogen-bond acceptors (Lipinski definition) is 6. The zero-order valence-corrected chi connectivity index (χ0v) is 16.2. The van der Waals surface area contributed by atoms with E-state index in [4.69, 9.17) is 14.2 Å². The average Bonchev–Trinajstić information content (AvgIpc) is 3.52. The van der Waals surface area contributed by atoms with Crippen LogP contribution in [0.15, 0.2) is 36.5 Å². The van der Waals surface area contributed by atoms with E-state index >= 15 is 0 Å². The first-order chi connectivity index (χ1) is 13.5. The number of nitrogens with one attached hydrogen (secondary N) is 2. The van der Waals surface area contributed by atoms with E-state index in [9.17, 15) is 4.79 Å². The first kappa shape index (κ1) is 18.6. The fraction of sp³-hybridized carbons (Fsp3) is 0.429. The molecule has 1 aromatic heterocycles. The Labute approximate surface area is 164 Å². The van der Waals surface area contributed by atoms with Crippen LogP contribution in [0.25, 0.3) is 0 Å². The molecule has 7 heteroatoms. The van der Waals surface area contributed by atoms with E-state index in [1.54, 1.807) is 37.6 Å². The molecule has 4 rings (SSSR count). The van der Waals surface area contributed by atoms with Crippen LogP contribution >= 0.6 is 0 Å². The first-order valence-electron chi connectivity index (χ1n) is 9.49. The number of carbonyl (C=O) groups excluding carboxylic acids is 1. The summed E-state index contributed by atoms with van der Waals surface area (Å²) in [7, 11) is 1.55. The number of amides is 1. The van der Waals surface area contributed by atoms with Crippen LogP contribution in [0.3, 0.4) is 0 Å². The predicted molar refractivity (Wildman–Crippen MR) is 106 cm³/mol. The smallest absolute Gasteiger partial charge is 0.255 e. The quantitative estimate of drug-likeness (QED) is 0.763. The largest absolute Gasteiger partial charge is 0.489 e. The molecule has 1 saturated carbocycles. The number of nitrogens with zero attached hydrogens (tertiary/aromatic N) is 1. The number of methoxy groups -OCH3 is 1. The lowest BCUT2D eigenvalue weighted by atomic mass is 10.0.